The van der Waals surface area contributed by atoms with E-state index in [1.807, 2.05) is 40.4 Å². The van der Waals surface area contributed by atoms with Crippen molar-refractivity contribution < 1.29 is 9.21 Å². The maximum absolute atomic E-state index is 12.4. The molecule has 0 radical (unpaired) electrons. The minimum atomic E-state index is -0.0615. The Morgan fingerprint density at radius 3 is 2.58 bits per heavy atom. The fourth-order valence-electron chi connectivity index (χ4n) is 3.64. The second-order valence-electron chi connectivity index (χ2n) is 7.39. The van der Waals surface area contributed by atoms with Gasteiger partial charge in [0.25, 0.3) is 0 Å². The number of carbonyl (C=O) groups is 1. The summed E-state index contributed by atoms with van der Waals surface area (Å²) in [5, 5.41) is 8.11. The van der Waals surface area contributed by atoms with Gasteiger partial charge in [0.1, 0.15) is 0 Å². The number of benzene rings is 1. The summed E-state index contributed by atoms with van der Waals surface area (Å²) < 4.78 is 10.0. The first kappa shape index (κ1) is 21.8. The summed E-state index contributed by atoms with van der Waals surface area (Å²) in [5.41, 5.74) is 0.640. The van der Waals surface area contributed by atoms with E-state index in [0.29, 0.717) is 34.5 Å². The van der Waals surface area contributed by atoms with Crippen LogP contribution in [-0.2, 0) is 18.0 Å². The van der Waals surface area contributed by atoms with Crippen LogP contribution in [0.4, 0.5) is 5.69 Å². The van der Waals surface area contributed by atoms with Crippen LogP contribution in [0, 0.1) is 4.77 Å². The average molecular weight is 461 g/mol. The van der Waals surface area contributed by atoms with Crippen molar-refractivity contribution in [3.8, 4) is 11.6 Å². The summed E-state index contributed by atoms with van der Waals surface area (Å²) in [6.45, 7) is 6.96. The van der Waals surface area contributed by atoms with Gasteiger partial charge < -0.3 is 9.73 Å². The van der Waals surface area contributed by atoms with Crippen molar-refractivity contribution in [2.45, 2.75) is 20.1 Å². The zero-order valence-electron chi connectivity index (χ0n) is 17.3. The fourth-order valence-corrected chi connectivity index (χ4v) is 4.14. The molecule has 1 aliphatic heterocycles. The quantitative estimate of drug-likeness (QED) is 0.543. The minimum Gasteiger partial charge on any atom is -0.461 e. The number of aromatic nitrogens is 3. The van der Waals surface area contributed by atoms with Crippen LogP contribution >= 0.6 is 23.8 Å². The van der Waals surface area contributed by atoms with Gasteiger partial charge in [-0.05, 0) is 43.4 Å². The number of hydrogen-bond acceptors (Lipinski definition) is 6. The monoisotopic (exact) mass is 460 g/mol. The van der Waals surface area contributed by atoms with Crippen molar-refractivity contribution in [1.82, 2.24) is 24.1 Å². The van der Waals surface area contributed by atoms with Crippen molar-refractivity contribution in [2.24, 2.45) is 0 Å². The number of para-hydroxylation sites is 1. The summed E-state index contributed by atoms with van der Waals surface area (Å²) in [5.74, 6) is 1.39. The van der Waals surface area contributed by atoms with E-state index in [1.54, 1.807) is 18.4 Å². The van der Waals surface area contributed by atoms with E-state index < -0.39 is 0 Å². The lowest BCUT2D eigenvalue weighted by Crippen LogP contribution is -2.49. The highest BCUT2D eigenvalue weighted by Gasteiger charge is 2.21. The Morgan fingerprint density at radius 1 is 1.16 bits per heavy atom. The van der Waals surface area contributed by atoms with Gasteiger partial charge in [-0.2, -0.15) is 0 Å². The molecule has 1 N–H and O–H groups in total. The molecule has 10 heteroatoms. The summed E-state index contributed by atoms with van der Waals surface area (Å²) in [6, 6.07) is 11.0. The van der Waals surface area contributed by atoms with E-state index in [0.717, 1.165) is 38.5 Å². The number of rotatable bonds is 7. The minimum absolute atomic E-state index is 0.0615. The van der Waals surface area contributed by atoms with Crippen LogP contribution in [0.2, 0.25) is 5.02 Å². The van der Waals surface area contributed by atoms with Gasteiger partial charge in [0.15, 0.2) is 16.4 Å². The normalized spacial score (nSPS) is 15.3. The standard InChI is InChI=1S/C21H25ClN6O2S/c1-2-27-20(18-8-5-13-30-18)24-28(21(27)31)15-26-11-9-25(10-12-26)14-19(29)23-17-7-4-3-6-16(17)22/h3-8,13H,2,9-12,14-15H2,1H3,(H,23,29). The summed E-state index contributed by atoms with van der Waals surface area (Å²) in [6.07, 6.45) is 1.64. The molecule has 0 atom stereocenters. The SMILES string of the molecule is CCn1c(-c2ccco2)nn(CN2CCN(CC(=O)Nc3ccccc3Cl)CC2)c1=S. The molecular weight excluding hydrogens is 436 g/mol. The second kappa shape index (κ2) is 9.78. The molecule has 4 rings (SSSR count). The van der Waals surface area contributed by atoms with Crippen LogP contribution in [-0.4, -0.2) is 62.8 Å². The molecule has 0 saturated carbocycles. The predicted octanol–water partition coefficient (Wildman–Crippen LogP) is 3.56. The molecule has 2 aromatic heterocycles. The van der Waals surface area contributed by atoms with Gasteiger partial charge in [-0.3, -0.25) is 19.2 Å². The molecule has 0 spiro atoms. The lowest BCUT2D eigenvalue weighted by molar-refractivity contribution is -0.117. The third-order valence-corrected chi connectivity index (χ3v) is 6.06. The van der Waals surface area contributed by atoms with E-state index in [1.165, 1.54) is 0 Å². The molecule has 0 bridgehead atoms. The number of hydrogen-bond donors (Lipinski definition) is 1. The van der Waals surface area contributed by atoms with Crippen molar-refractivity contribution in [3.63, 3.8) is 0 Å². The number of nitrogens with one attached hydrogen (secondary N) is 1. The first-order valence-corrected chi connectivity index (χ1v) is 11.0. The Balaban J connectivity index is 1.32. The van der Waals surface area contributed by atoms with E-state index in [-0.39, 0.29) is 5.91 Å². The van der Waals surface area contributed by atoms with Crippen molar-refractivity contribution >= 4 is 35.4 Å². The van der Waals surface area contributed by atoms with E-state index in [2.05, 4.69) is 20.2 Å². The highest BCUT2D eigenvalue weighted by Crippen LogP contribution is 2.21. The van der Waals surface area contributed by atoms with Crippen molar-refractivity contribution in [1.29, 1.82) is 0 Å². The molecule has 8 nitrogen and oxygen atoms in total. The van der Waals surface area contributed by atoms with Gasteiger partial charge in [0.05, 0.1) is 30.2 Å². The average Bonchev–Trinajstić information content (AvgIpc) is 3.39. The number of anilines is 1. The van der Waals surface area contributed by atoms with Gasteiger partial charge in [-0.1, -0.05) is 23.7 Å². The second-order valence-corrected chi connectivity index (χ2v) is 8.16. The van der Waals surface area contributed by atoms with Gasteiger partial charge >= 0.3 is 0 Å². The predicted molar refractivity (Wildman–Crippen MR) is 123 cm³/mol. The number of halogens is 1. The van der Waals surface area contributed by atoms with Crippen molar-refractivity contribution in [2.75, 3.05) is 38.0 Å². The number of piperazine rings is 1. The lowest BCUT2D eigenvalue weighted by atomic mass is 10.3. The van der Waals surface area contributed by atoms with Crippen LogP contribution in [0.15, 0.2) is 47.1 Å². The number of nitrogens with zero attached hydrogens (tertiary/aromatic N) is 5. The smallest absolute Gasteiger partial charge is 0.238 e. The Labute approximate surface area is 191 Å². The van der Waals surface area contributed by atoms with Crippen LogP contribution in [0.3, 0.4) is 0 Å². The largest absolute Gasteiger partial charge is 0.461 e. The molecule has 3 heterocycles. The van der Waals surface area contributed by atoms with E-state index >= 15 is 0 Å². The third kappa shape index (κ3) is 5.07. The van der Waals surface area contributed by atoms with E-state index in [9.17, 15) is 4.79 Å². The molecule has 1 aliphatic rings. The summed E-state index contributed by atoms with van der Waals surface area (Å²) in [7, 11) is 0. The maximum atomic E-state index is 12.4. The fraction of sp³-hybridized carbons (Fsp3) is 0.381. The molecular formula is C21H25ClN6O2S. The van der Waals surface area contributed by atoms with E-state index in [4.69, 9.17) is 28.2 Å². The van der Waals surface area contributed by atoms with Crippen LogP contribution in [0.5, 0.6) is 0 Å². The molecule has 3 aromatic rings. The summed E-state index contributed by atoms with van der Waals surface area (Å²) >= 11 is 11.7. The van der Waals surface area contributed by atoms with Gasteiger partial charge in [-0.25, -0.2) is 4.68 Å². The highest BCUT2D eigenvalue weighted by atomic mass is 35.5. The number of furan rings is 1. The first-order valence-electron chi connectivity index (χ1n) is 10.3. The van der Waals surface area contributed by atoms with Crippen LogP contribution in [0.1, 0.15) is 6.92 Å². The Morgan fingerprint density at radius 2 is 1.90 bits per heavy atom. The Hall–Kier alpha value is -2.46. The van der Waals surface area contributed by atoms with Crippen LogP contribution in [0.25, 0.3) is 11.6 Å². The molecule has 164 valence electrons. The molecule has 31 heavy (non-hydrogen) atoms. The molecule has 1 aromatic carbocycles. The van der Waals surface area contributed by atoms with Crippen LogP contribution < -0.4 is 5.32 Å². The zero-order valence-corrected chi connectivity index (χ0v) is 18.9. The molecule has 0 unspecified atom stereocenters. The highest BCUT2D eigenvalue weighted by molar-refractivity contribution is 7.71. The molecule has 1 fully saturated rings. The van der Waals surface area contributed by atoms with Gasteiger partial charge in [-0.15, -0.1) is 5.10 Å². The van der Waals surface area contributed by atoms with Gasteiger partial charge in [0, 0.05) is 32.7 Å². The Kier molecular flexibility index (Phi) is 6.86. The number of carbonyl (C=O) groups excluding carboxylic acids is 1. The van der Waals surface area contributed by atoms with Gasteiger partial charge in [0.2, 0.25) is 5.91 Å². The zero-order chi connectivity index (χ0) is 21.8. The first-order chi connectivity index (χ1) is 15.0. The Bertz CT molecular complexity index is 1090. The topological polar surface area (TPSA) is 71.5 Å². The molecule has 1 saturated heterocycles. The van der Waals surface area contributed by atoms with Crippen molar-refractivity contribution in [3.05, 3.63) is 52.5 Å². The maximum Gasteiger partial charge on any atom is 0.238 e. The molecule has 1 amide bonds. The molecule has 0 aliphatic carbocycles. The summed E-state index contributed by atoms with van der Waals surface area (Å²) in [4.78, 5) is 16.8. The third-order valence-electron chi connectivity index (χ3n) is 5.29. The lowest BCUT2D eigenvalue weighted by Gasteiger charge is -2.33. The number of amides is 1.